The normalized spacial score (nSPS) is 12.5. The van der Waals surface area contributed by atoms with Gasteiger partial charge in [0.15, 0.2) is 0 Å². The van der Waals surface area contributed by atoms with Crippen molar-refractivity contribution in [3.05, 3.63) is 83.4 Å². The summed E-state index contributed by atoms with van der Waals surface area (Å²) >= 11 is 0. The number of hydrogen-bond acceptors (Lipinski definition) is 1. The monoisotopic (exact) mass is 270 g/mol. The highest BCUT2D eigenvalue weighted by molar-refractivity contribution is 6.12. The van der Waals surface area contributed by atoms with Gasteiger partial charge in [-0.2, -0.15) is 0 Å². The summed E-state index contributed by atoms with van der Waals surface area (Å²) in [5.41, 5.74) is 5.40. The largest absolute Gasteiger partial charge is 0.507 e. The molecule has 21 heavy (non-hydrogen) atoms. The van der Waals surface area contributed by atoms with Crippen molar-refractivity contribution < 1.29 is 5.11 Å². The van der Waals surface area contributed by atoms with Crippen LogP contribution in [0.2, 0.25) is 0 Å². The zero-order chi connectivity index (χ0) is 14.4. The van der Waals surface area contributed by atoms with Crippen LogP contribution in [-0.2, 0) is 0 Å². The maximum Gasteiger partial charge on any atom is 0.124 e. The fraction of sp³-hybridized carbons (Fsp3) is 0. The lowest BCUT2D eigenvalue weighted by molar-refractivity contribution is 0.474. The Balaban J connectivity index is 2.03. The van der Waals surface area contributed by atoms with E-state index in [1.807, 2.05) is 24.3 Å². The van der Waals surface area contributed by atoms with Crippen molar-refractivity contribution in [2.24, 2.45) is 0 Å². The van der Waals surface area contributed by atoms with Crippen LogP contribution in [0.3, 0.4) is 0 Å². The summed E-state index contributed by atoms with van der Waals surface area (Å²) in [5.74, 6) is 0.310. The molecule has 0 fully saturated rings. The maximum atomic E-state index is 10.5. The Bertz CT molecular complexity index is 916. The summed E-state index contributed by atoms with van der Waals surface area (Å²) in [6.07, 6.45) is 3.92. The molecule has 1 nitrogen and oxygen atoms in total. The number of rotatable bonds is 2. The molecule has 1 aliphatic rings. The van der Waals surface area contributed by atoms with Crippen molar-refractivity contribution in [2.45, 2.75) is 0 Å². The molecular weight excluding hydrogens is 256 g/mol. The minimum Gasteiger partial charge on any atom is -0.507 e. The topological polar surface area (TPSA) is 20.2 Å². The summed E-state index contributed by atoms with van der Waals surface area (Å²) in [5, 5.41) is 12.7. The third kappa shape index (κ3) is 1.64. The second-order valence-corrected chi connectivity index (χ2v) is 5.25. The molecule has 3 aromatic rings. The van der Waals surface area contributed by atoms with Crippen LogP contribution in [0.4, 0.5) is 0 Å². The third-order valence-corrected chi connectivity index (χ3v) is 4.10. The molecule has 100 valence electrons. The van der Waals surface area contributed by atoms with E-state index in [1.165, 1.54) is 11.1 Å². The minimum absolute atomic E-state index is 0.310. The van der Waals surface area contributed by atoms with Crippen LogP contribution in [0.15, 0.2) is 61.2 Å². The molecule has 0 aromatic heterocycles. The Morgan fingerprint density at radius 2 is 1.62 bits per heavy atom. The molecule has 1 aliphatic carbocycles. The molecule has 0 saturated carbocycles. The van der Waals surface area contributed by atoms with Gasteiger partial charge in [-0.25, -0.2) is 0 Å². The quantitative estimate of drug-likeness (QED) is 0.538. The standard InChI is InChI=1S/C20H14O/c1-2-13-12-19(21)20(17-10-6-5-8-15(13)17)18-11-14-7-3-4-9-16(14)18/h2-12,21H,1H2. The van der Waals surface area contributed by atoms with E-state index in [1.54, 1.807) is 12.1 Å². The molecule has 0 atom stereocenters. The fourth-order valence-electron chi connectivity index (χ4n) is 3.07. The van der Waals surface area contributed by atoms with Gasteiger partial charge in [0.25, 0.3) is 0 Å². The molecule has 0 unspecified atom stereocenters. The van der Waals surface area contributed by atoms with Crippen molar-refractivity contribution in [1.82, 2.24) is 0 Å². The van der Waals surface area contributed by atoms with Crippen LogP contribution >= 0.6 is 0 Å². The van der Waals surface area contributed by atoms with Crippen molar-refractivity contribution in [1.29, 1.82) is 0 Å². The summed E-state index contributed by atoms with van der Waals surface area (Å²) in [4.78, 5) is 0. The summed E-state index contributed by atoms with van der Waals surface area (Å²) in [6.45, 7) is 3.84. The SMILES string of the molecule is C=Cc1cc(O)c(C2=Cc3ccccc32)c2ccccc12. The number of phenols is 1. The van der Waals surface area contributed by atoms with Gasteiger partial charge >= 0.3 is 0 Å². The van der Waals surface area contributed by atoms with Crippen LogP contribution in [0.1, 0.15) is 22.3 Å². The second kappa shape index (κ2) is 4.35. The molecule has 0 heterocycles. The Kier molecular flexibility index (Phi) is 2.48. The fourth-order valence-corrected chi connectivity index (χ4v) is 3.07. The Hall–Kier alpha value is -2.80. The Morgan fingerprint density at radius 3 is 2.38 bits per heavy atom. The van der Waals surface area contributed by atoms with Gasteiger partial charge in [-0.05, 0) is 45.2 Å². The first kappa shape index (κ1) is 12.0. The van der Waals surface area contributed by atoms with Crippen molar-refractivity contribution >= 4 is 28.5 Å². The minimum atomic E-state index is 0.310. The van der Waals surface area contributed by atoms with Gasteiger partial charge in [-0.3, -0.25) is 0 Å². The van der Waals surface area contributed by atoms with E-state index >= 15 is 0 Å². The molecule has 3 aromatic carbocycles. The number of fused-ring (bicyclic) bond motifs is 2. The second-order valence-electron chi connectivity index (χ2n) is 5.25. The predicted molar refractivity (Wildman–Crippen MR) is 89.1 cm³/mol. The Morgan fingerprint density at radius 1 is 0.905 bits per heavy atom. The average molecular weight is 270 g/mol. The van der Waals surface area contributed by atoms with Crippen molar-refractivity contribution in [3.63, 3.8) is 0 Å². The highest BCUT2D eigenvalue weighted by Gasteiger charge is 2.22. The van der Waals surface area contributed by atoms with Gasteiger partial charge in [0.2, 0.25) is 0 Å². The summed E-state index contributed by atoms with van der Waals surface area (Å²) in [6, 6.07) is 18.2. The first-order valence-electron chi connectivity index (χ1n) is 6.98. The lowest BCUT2D eigenvalue weighted by Crippen LogP contribution is -2.01. The molecule has 0 saturated heterocycles. The van der Waals surface area contributed by atoms with Gasteiger partial charge in [-0.1, -0.05) is 61.2 Å². The zero-order valence-corrected chi connectivity index (χ0v) is 11.5. The molecule has 1 heteroatoms. The van der Waals surface area contributed by atoms with E-state index < -0.39 is 0 Å². The van der Waals surface area contributed by atoms with E-state index in [9.17, 15) is 5.11 Å². The molecular formula is C20H14O. The van der Waals surface area contributed by atoms with E-state index in [4.69, 9.17) is 0 Å². The van der Waals surface area contributed by atoms with Crippen LogP contribution < -0.4 is 0 Å². The number of hydrogen-bond donors (Lipinski definition) is 1. The highest BCUT2D eigenvalue weighted by Crippen LogP contribution is 2.44. The lowest BCUT2D eigenvalue weighted by atomic mass is 9.81. The summed E-state index contributed by atoms with van der Waals surface area (Å²) in [7, 11) is 0. The van der Waals surface area contributed by atoms with Gasteiger partial charge in [0.1, 0.15) is 5.75 Å². The molecule has 0 spiro atoms. The first-order chi connectivity index (χ1) is 10.3. The summed E-state index contributed by atoms with van der Waals surface area (Å²) < 4.78 is 0. The van der Waals surface area contributed by atoms with Gasteiger partial charge in [-0.15, -0.1) is 0 Å². The van der Waals surface area contributed by atoms with Crippen LogP contribution in [0, 0.1) is 0 Å². The zero-order valence-electron chi connectivity index (χ0n) is 11.5. The average Bonchev–Trinajstić information content (AvgIpc) is 2.50. The van der Waals surface area contributed by atoms with E-state index in [2.05, 4.69) is 36.9 Å². The smallest absolute Gasteiger partial charge is 0.124 e. The first-order valence-corrected chi connectivity index (χ1v) is 6.98. The number of aromatic hydroxyl groups is 1. The molecule has 0 bridgehead atoms. The predicted octanol–water partition coefficient (Wildman–Crippen LogP) is 5.09. The number of benzene rings is 3. The van der Waals surface area contributed by atoms with Gasteiger partial charge in [0.05, 0.1) is 0 Å². The van der Waals surface area contributed by atoms with Crippen molar-refractivity contribution in [3.8, 4) is 5.75 Å². The molecule has 4 rings (SSSR count). The molecule has 1 N–H and O–H groups in total. The van der Waals surface area contributed by atoms with Crippen LogP contribution in [-0.4, -0.2) is 5.11 Å². The third-order valence-electron chi connectivity index (χ3n) is 4.10. The van der Waals surface area contributed by atoms with E-state index in [-0.39, 0.29) is 0 Å². The van der Waals surface area contributed by atoms with Gasteiger partial charge < -0.3 is 5.11 Å². The van der Waals surface area contributed by atoms with Crippen LogP contribution in [0.25, 0.3) is 28.5 Å². The lowest BCUT2D eigenvalue weighted by Gasteiger charge is -2.23. The van der Waals surface area contributed by atoms with E-state index in [0.29, 0.717) is 5.75 Å². The molecule has 0 amide bonds. The molecule has 0 aliphatic heterocycles. The number of phenolic OH excluding ortho intramolecular Hbond substituents is 1. The molecule has 0 radical (unpaired) electrons. The highest BCUT2D eigenvalue weighted by atomic mass is 16.3. The van der Waals surface area contributed by atoms with Crippen molar-refractivity contribution in [2.75, 3.05) is 0 Å². The maximum absolute atomic E-state index is 10.5. The van der Waals surface area contributed by atoms with Crippen LogP contribution in [0.5, 0.6) is 5.75 Å². The van der Waals surface area contributed by atoms with E-state index in [0.717, 1.165) is 27.5 Å². The van der Waals surface area contributed by atoms with Gasteiger partial charge in [0, 0.05) is 5.56 Å². The Labute approximate surface area is 123 Å².